The second-order valence-electron chi connectivity index (χ2n) is 5.78. The van der Waals surface area contributed by atoms with Gasteiger partial charge in [-0.15, -0.1) is 0 Å². The molecule has 0 radical (unpaired) electrons. The van der Waals surface area contributed by atoms with Crippen molar-refractivity contribution in [1.29, 1.82) is 0 Å². The predicted octanol–water partition coefficient (Wildman–Crippen LogP) is -0.397. The Morgan fingerprint density at radius 2 is 2.05 bits per heavy atom. The molecule has 3 rings (SSSR count). The summed E-state index contributed by atoms with van der Waals surface area (Å²) in [6.07, 6.45) is 5.78. The number of rotatable bonds is 7. The highest BCUT2D eigenvalue weighted by molar-refractivity contribution is 7.87. The van der Waals surface area contributed by atoms with Crippen LogP contribution in [0.5, 0.6) is 0 Å². The van der Waals surface area contributed by atoms with Crippen molar-refractivity contribution >= 4 is 10.2 Å². The molecule has 9 heteroatoms. The summed E-state index contributed by atoms with van der Waals surface area (Å²) >= 11 is 0. The maximum absolute atomic E-state index is 12.2. The zero-order chi connectivity index (χ0) is 14.7. The minimum atomic E-state index is -3.43. The maximum Gasteiger partial charge on any atom is 0.279 e. The fraction of sp³-hybridized carbons (Fsp3) is 0.833. The van der Waals surface area contributed by atoms with E-state index in [1.807, 2.05) is 0 Å². The van der Waals surface area contributed by atoms with Gasteiger partial charge < -0.3 is 5.32 Å². The quantitative estimate of drug-likeness (QED) is 0.635. The number of aromatic amines is 1. The lowest BCUT2D eigenvalue weighted by Crippen LogP contribution is -2.46. The normalized spacial score (nSPS) is 21.7. The number of aromatic nitrogens is 3. The smallest absolute Gasteiger partial charge is 0.279 e. The molecule has 0 unspecified atom stereocenters. The average Bonchev–Trinajstić information content (AvgIpc) is 3.17. The van der Waals surface area contributed by atoms with Gasteiger partial charge >= 0.3 is 0 Å². The van der Waals surface area contributed by atoms with Gasteiger partial charge in [-0.3, -0.25) is 5.10 Å². The van der Waals surface area contributed by atoms with Gasteiger partial charge in [0.25, 0.3) is 10.2 Å². The molecule has 1 saturated carbocycles. The summed E-state index contributed by atoms with van der Waals surface area (Å²) in [5, 5.41) is 9.85. The molecule has 118 valence electrons. The zero-order valence-electron chi connectivity index (χ0n) is 12.0. The van der Waals surface area contributed by atoms with Gasteiger partial charge in [0.05, 0.1) is 6.54 Å². The Bertz CT molecular complexity index is 534. The highest BCUT2D eigenvalue weighted by atomic mass is 32.2. The molecule has 0 atom stereocenters. The van der Waals surface area contributed by atoms with Crippen LogP contribution in [0.3, 0.4) is 0 Å². The van der Waals surface area contributed by atoms with E-state index < -0.39 is 10.2 Å². The third kappa shape index (κ3) is 4.22. The topological polar surface area (TPSA) is 103 Å². The summed E-state index contributed by atoms with van der Waals surface area (Å²) in [7, 11) is -3.43. The van der Waals surface area contributed by atoms with E-state index in [4.69, 9.17) is 0 Å². The van der Waals surface area contributed by atoms with Crippen molar-refractivity contribution in [3.8, 4) is 0 Å². The molecule has 2 fully saturated rings. The largest absolute Gasteiger partial charge is 0.314 e. The molecule has 0 amide bonds. The lowest BCUT2D eigenvalue weighted by Gasteiger charge is -2.31. The molecule has 1 aromatic heterocycles. The molecule has 8 nitrogen and oxygen atoms in total. The van der Waals surface area contributed by atoms with E-state index in [0.717, 1.165) is 25.4 Å². The van der Waals surface area contributed by atoms with E-state index in [1.54, 1.807) is 0 Å². The highest BCUT2D eigenvalue weighted by Crippen LogP contribution is 2.22. The fourth-order valence-corrected chi connectivity index (χ4v) is 3.73. The summed E-state index contributed by atoms with van der Waals surface area (Å²) in [6, 6.07) is 0.718. The van der Waals surface area contributed by atoms with Crippen LogP contribution in [0.25, 0.3) is 0 Å². The molecule has 1 aliphatic heterocycles. The Kier molecular flexibility index (Phi) is 4.53. The van der Waals surface area contributed by atoms with Crippen molar-refractivity contribution in [2.45, 2.75) is 38.3 Å². The zero-order valence-corrected chi connectivity index (χ0v) is 12.8. The van der Waals surface area contributed by atoms with Crippen LogP contribution >= 0.6 is 0 Å². The minimum absolute atomic E-state index is 0.144. The molecular weight excluding hydrogens is 292 g/mol. The number of H-pyrrole nitrogens is 1. The summed E-state index contributed by atoms with van der Waals surface area (Å²) in [5.74, 6) is 1.11. The molecule has 1 aliphatic carbocycles. The molecule has 0 spiro atoms. The van der Waals surface area contributed by atoms with Crippen LogP contribution in [0.4, 0.5) is 0 Å². The Labute approximate surface area is 124 Å². The van der Waals surface area contributed by atoms with Crippen LogP contribution in [0.15, 0.2) is 6.33 Å². The summed E-state index contributed by atoms with van der Waals surface area (Å²) in [5.41, 5.74) is 0. The van der Waals surface area contributed by atoms with Gasteiger partial charge in [0.1, 0.15) is 12.2 Å². The first-order valence-electron chi connectivity index (χ1n) is 7.46. The SMILES string of the molecule is O=S(=O)(NCc1ncn[nH]1)N1CCC(CNC2CC2)CC1. The molecule has 0 aromatic carbocycles. The van der Waals surface area contributed by atoms with E-state index in [2.05, 4.69) is 25.2 Å². The van der Waals surface area contributed by atoms with E-state index in [9.17, 15) is 8.42 Å². The van der Waals surface area contributed by atoms with Crippen LogP contribution in [0, 0.1) is 5.92 Å². The molecular formula is C12H22N6O2S. The van der Waals surface area contributed by atoms with Gasteiger partial charge in [-0.25, -0.2) is 4.98 Å². The van der Waals surface area contributed by atoms with Gasteiger partial charge in [-0.1, -0.05) is 0 Å². The monoisotopic (exact) mass is 314 g/mol. The van der Waals surface area contributed by atoms with Crippen molar-refractivity contribution in [3.05, 3.63) is 12.2 Å². The van der Waals surface area contributed by atoms with Crippen molar-refractivity contribution < 1.29 is 8.42 Å². The second-order valence-corrected chi connectivity index (χ2v) is 7.54. The number of hydrogen-bond donors (Lipinski definition) is 3. The molecule has 0 bridgehead atoms. The molecule has 21 heavy (non-hydrogen) atoms. The van der Waals surface area contributed by atoms with Gasteiger partial charge in [-0.2, -0.15) is 22.5 Å². The Morgan fingerprint density at radius 3 is 2.67 bits per heavy atom. The van der Waals surface area contributed by atoms with Gasteiger partial charge in [0, 0.05) is 19.1 Å². The van der Waals surface area contributed by atoms with Crippen LogP contribution in [-0.2, 0) is 16.8 Å². The van der Waals surface area contributed by atoms with Crippen molar-refractivity contribution in [2.24, 2.45) is 5.92 Å². The van der Waals surface area contributed by atoms with Crippen molar-refractivity contribution in [2.75, 3.05) is 19.6 Å². The first-order chi connectivity index (χ1) is 10.1. The molecule has 1 saturated heterocycles. The first-order valence-corrected chi connectivity index (χ1v) is 8.90. The van der Waals surface area contributed by atoms with Crippen molar-refractivity contribution in [1.82, 2.24) is 29.5 Å². The minimum Gasteiger partial charge on any atom is -0.314 e. The standard InChI is InChI=1S/C12H22N6O2S/c19-21(20,16-8-12-14-9-15-17-12)18-5-3-10(4-6-18)7-13-11-1-2-11/h9-11,13,16H,1-8H2,(H,14,15,17). The summed E-state index contributed by atoms with van der Waals surface area (Å²) in [6.45, 7) is 2.33. The third-order valence-electron chi connectivity index (χ3n) is 4.07. The van der Waals surface area contributed by atoms with E-state index >= 15 is 0 Å². The van der Waals surface area contributed by atoms with Crippen molar-refractivity contribution in [3.63, 3.8) is 0 Å². The second kappa shape index (κ2) is 6.39. The highest BCUT2D eigenvalue weighted by Gasteiger charge is 2.29. The van der Waals surface area contributed by atoms with Crippen LogP contribution in [-0.4, -0.2) is 53.6 Å². The molecule has 1 aromatic rings. The van der Waals surface area contributed by atoms with Crippen LogP contribution < -0.4 is 10.0 Å². The average molecular weight is 314 g/mol. The van der Waals surface area contributed by atoms with Gasteiger partial charge in [0.2, 0.25) is 0 Å². The third-order valence-corrected chi connectivity index (χ3v) is 5.63. The number of piperidine rings is 1. The van der Waals surface area contributed by atoms with Gasteiger partial charge in [-0.05, 0) is 38.1 Å². The Hall–Kier alpha value is -1.03. The molecule has 2 heterocycles. The Morgan fingerprint density at radius 1 is 1.29 bits per heavy atom. The predicted molar refractivity (Wildman–Crippen MR) is 77.5 cm³/mol. The lowest BCUT2D eigenvalue weighted by molar-refractivity contribution is 0.264. The lowest BCUT2D eigenvalue weighted by atomic mass is 9.98. The molecule has 2 aliphatic rings. The number of hydrogen-bond acceptors (Lipinski definition) is 5. The number of nitrogens with zero attached hydrogens (tertiary/aromatic N) is 3. The summed E-state index contributed by atoms with van der Waals surface area (Å²) < 4.78 is 28.5. The Balaban J connectivity index is 1.43. The molecule has 3 N–H and O–H groups in total. The fourth-order valence-electron chi connectivity index (χ4n) is 2.54. The number of nitrogens with one attached hydrogen (secondary N) is 3. The van der Waals surface area contributed by atoms with Crippen LogP contribution in [0.1, 0.15) is 31.5 Å². The van der Waals surface area contributed by atoms with Gasteiger partial charge in [0.15, 0.2) is 0 Å². The first kappa shape index (κ1) is 14.9. The van der Waals surface area contributed by atoms with Crippen LogP contribution in [0.2, 0.25) is 0 Å². The maximum atomic E-state index is 12.2. The summed E-state index contributed by atoms with van der Waals surface area (Å²) in [4.78, 5) is 3.90. The van der Waals surface area contributed by atoms with E-state index in [-0.39, 0.29) is 6.54 Å². The van der Waals surface area contributed by atoms with E-state index in [0.29, 0.717) is 24.8 Å². The van der Waals surface area contributed by atoms with E-state index in [1.165, 1.54) is 23.5 Å².